The van der Waals surface area contributed by atoms with Crippen molar-refractivity contribution in [2.24, 2.45) is 4.99 Å². The molecule has 4 nitrogen and oxygen atoms in total. The number of aliphatic hydroxyl groups is 1. The van der Waals surface area contributed by atoms with E-state index in [-0.39, 0.29) is 42.3 Å². The number of hydrogen-bond acceptors (Lipinski definition) is 2. The van der Waals surface area contributed by atoms with Crippen molar-refractivity contribution in [3.8, 4) is 0 Å². The number of aliphatic imine (C=N–C) groups is 1. The largest absolute Gasteiger partial charge is 0.396 e. The monoisotopic (exact) mass is 443 g/mol. The molecule has 2 aromatic rings. The summed E-state index contributed by atoms with van der Waals surface area (Å²) in [6.07, 6.45) is 0. The average molecular weight is 443 g/mol. The molecule has 0 fully saturated rings. The summed E-state index contributed by atoms with van der Waals surface area (Å²) >= 11 is 0. The summed E-state index contributed by atoms with van der Waals surface area (Å²) in [5.41, 5.74) is 1.91. The average Bonchev–Trinajstić information content (AvgIpc) is 2.59. The molecule has 3 N–H and O–H groups in total. The van der Waals surface area contributed by atoms with E-state index in [1.54, 1.807) is 13.1 Å². The van der Waals surface area contributed by atoms with E-state index in [2.05, 4.69) is 15.6 Å². The molecule has 0 amide bonds. The first-order chi connectivity index (χ1) is 11.2. The zero-order chi connectivity index (χ0) is 16.5. The number of nitrogens with zero attached hydrogens (tertiary/aromatic N) is 1. The van der Waals surface area contributed by atoms with Gasteiger partial charge in [0.05, 0.1) is 6.61 Å². The molecule has 2 rings (SSSR count). The Morgan fingerprint density at radius 1 is 1.12 bits per heavy atom. The van der Waals surface area contributed by atoms with Crippen molar-refractivity contribution in [2.75, 3.05) is 20.2 Å². The number of rotatable bonds is 6. The number of guanidine groups is 1. The third-order valence-electron chi connectivity index (χ3n) is 3.58. The highest BCUT2D eigenvalue weighted by Gasteiger charge is 2.10. The highest BCUT2D eigenvalue weighted by atomic mass is 127. The van der Waals surface area contributed by atoms with Crippen LogP contribution in [0.1, 0.15) is 17.0 Å². The minimum absolute atomic E-state index is 0. The molecule has 1 atom stereocenters. The molecule has 0 radical (unpaired) electrons. The summed E-state index contributed by atoms with van der Waals surface area (Å²) < 4.78 is 13.2. The van der Waals surface area contributed by atoms with Gasteiger partial charge >= 0.3 is 0 Å². The molecule has 130 valence electrons. The van der Waals surface area contributed by atoms with Gasteiger partial charge in [0.15, 0.2) is 5.96 Å². The molecular weight excluding hydrogens is 420 g/mol. The molecule has 0 heterocycles. The fraction of sp³-hybridized carbons (Fsp3) is 0.278. The Labute approximate surface area is 159 Å². The van der Waals surface area contributed by atoms with Crippen LogP contribution in [0.15, 0.2) is 59.6 Å². The van der Waals surface area contributed by atoms with Gasteiger partial charge in [-0.2, -0.15) is 0 Å². The van der Waals surface area contributed by atoms with E-state index in [9.17, 15) is 9.50 Å². The Balaban J connectivity index is 0.00000288. The highest BCUT2D eigenvalue weighted by molar-refractivity contribution is 14.0. The standard InChI is InChI=1S/C18H22FN3O.HI/c1-20-18(21-11-14-6-5-9-17(19)10-14)22-12-16(13-23)15-7-3-2-4-8-15;/h2-10,16,23H,11-13H2,1H3,(H2,20,21,22);1H. The van der Waals surface area contributed by atoms with Gasteiger partial charge in [0.25, 0.3) is 0 Å². The number of hydrogen-bond donors (Lipinski definition) is 3. The van der Waals surface area contributed by atoms with Crippen molar-refractivity contribution < 1.29 is 9.50 Å². The third-order valence-corrected chi connectivity index (χ3v) is 3.58. The maximum Gasteiger partial charge on any atom is 0.191 e. The Morgan fingerprint density at radius 2 is 1.88 bits per heavy atom. The SMILES string of the molecule is CN=C(NCc1cccc(F)c1)NCC(CO)c1ccccc1.I. The van der Waals surface area contributed by atoms with Crippen molar-refractivity contribution in [2.45, 2.75) is 12.5 Å². The van der Waals surface area contributed by atoms with Gasteiger partial charge in [-0.05, 0) is 23.3 Å². The fourth-order valence-corrected chi connectivity index (χ4v) is 2.29. The van der Waals surface area contributed by atoms with Gasteiger partial charge < -0.3 is 15.7 Å². The first kappa shape index (κ1) is 20.4. The van der Waals surface area contributed by atoms with Crippen LogP contribution in [0.25, 0.3) is 0 Å². The summed E-state index contributed by atoms with van der Waals surface area (Å²) in [5, 5.41) is 15.9. The first-order valence-corrected chi connectivity index (χ1v) is 7.57. The lowest BCUT2D eigenvalue weighted by Gasteiger charge is -2.18. The van der Waals surface area contributed by atoms with E-state index >= 15 is 0 Å². The molecule has 6 heteroatoms. The summed E-state index contributed by atoms with van der Waals surface area (Å²) in [4.78, 5) is 4.14. The molecule has 24 heavy (non-hydrogen) atoms. The zero-order valence-corrected chi connectivity index (χ0v) is 15.9. The molecule has 0 aliphatic rings. The fourth-order valence-electron chi connectivity index (χ4n) is 2.29. The van der Waals surface area contributed by atoms with Crippen LogP contribution in [-0.2, 0) is 6.54 Å². The van der Waals surface area contributed by atoms with Gasteiger partial charge in [0.1, 0.15) is 5.82 Å². The minimum Gasteiger partial charge on any atom is -0.396 e. The van der Waals surface area contributed by atoms with Crippen LogP contribution in [0.5, 0.6) is 0 Å². The molecule has 0 aliphatic heterocycles. The van der Waals surface area contributed by atoms with Gasteiger partial charge in [0.2, 0.25) is 0 Å². The number of aliphatic hydroxyl groups excluding tert-OH is 1. The third kappa shape index (κ3) is 6.45. The minimum atomic E-state index is -0.253. The van der Waals surface area contributed by atoms with Gasteiger partial charge in [-0.15, -0.1) is 24.0 Å². The summed E-state index contributed by atoms with van der Waals surface area (Å²) in [5.74, 6) is 0.351. The maximum atomic E-state index is 13.2. The normalized spacial score (nSPS) is 12.2. The number of nitrogens with one attached hydrogen (secondary N) is 2. The number of benzene rings is 2. The van der Waals surface area contributed by atoms with Crippen LogP contribution in [0.4, 0.5) is 4.39 Å². The zero-order valence-electron chi connectivity index (χ0n) is 13.6. The Bertz CT molecular complexity index is 637. The molecule has 0 aromatic heterocycles. The van der Waals surface area contributed by atoms with Gasteiger partial charge in [-0.1, -0.05) is 42.5 Å². The van der Waals surface area contributed by atoms with Crippen molar-refractivity contribution in [1.82, 2.24) is 10.6 Å². The highest BCUT2D eigenvalue weighted by Crippen LogP contribution is 2.13. The second-order valence-electron chi connectivity index (χ2n) is 5.23. The lowest BCUT2D eigenvalue weighted by atomic mass is 10.0. The van der Waals surface area contributed by atoms with E-state index in [0.29, 0.717) is 19.0 Å². The second kappa shape index (κ2) is 11.0. The molecule has 0 aliphatic carbocycles. The molecule has 0 saturated carbocycles. The van der Waals surface area contributed by atoms with E-state index in [1.807, 2.05) is 36.4 Å². The van der Waals surface area contributed by atoms with Crippen LogP contribution in [0.3, 0.4) is 0 Å². The van der Waals surface area contributed by atoms with E-state index in [1.165, 1.54) is 12.1 Å². The quantitative estimate of drug-likeness (QED) is 0.366. The lowest BCUT2D eigenvalue weighted by Crippen LogP contribution is -2.39. The van der Waals surface area contributed by atoms with Crippen LogP contribution in [0.2, 0.25) is 0 Å². The van der Waals surface area contributed by atoms with Crippen LogP contribution >= 0.6 is 24.0 Å². The van der Waals surface area contributed by atoms with Crippen molar-refractivity contribution >= 4 is 29.9 Å². The number of halogens is 2. The van der Waals surface area contributed by atoms with Gasteiger partial charge in [-0.3, -0.25) is 4.99 Å². The molecule has 2 aromatic carbocycles. The smallest absolute Gasteiger partial charge is 0.191 e. The van der Waals surface area contributed by atoms with Gasteiger partial charge in [-0.25, -0.2) is 4.39 Å². The van der Waals surface area contributed by atoms with Crippen molar-refractivity contribution in [3.63, 3.8) is 0 Å². The van der Waals surface area contributed by atoms with Crippen LogP contribution in [0, 0.1) is 5.82 Å². The summed E-state index contributed by atoms with van der Waals surface area (Å²) in [6.45, 7) is 1.09. The lowest BCUT2D eigenvalue weighted by molar-refractivity contribution is 0.265. The van der Waals surface area contributed by atoms with Crippen molar-refractivity contribution in [1.29, 1.82) is 0 Å². The predicted molar refractivity (Wildman–Crippen MR) is 106 cm³/mol. The van der Waals surface area contributed by atoms with E-state index in [0.717, 1.165) is 11.1 Å². The second-order valence-corrected chi connectivity index (χ2v) is 5.23. The first-order valence-electron chi connectivity index (χ1n) is 7.57. The molecular formula is C18H23FIN3O. The predicted octanol–water partition coefficient (Wildman–Crippen LogP) is 2.88. The Hall–Kier alpha value is -1.67. The van der Waals surface area contributed by atoms with Crippen LogP contribution < -0.4 is 10.6 Å². The molecule has 0 saturated heterocycles. The summed E-state index contributed by atoms with van der Waals surface area (Å²) in [7, 11) is 1.68. The molecule has 0 bridgehead atoms. The maximum absolute atomic E-state index is 13.2. The molecule has 1 unspecified atom stereocenters. The Morgan fingerprint density at radius 3 is 2.50 bits per heavy atom. The van der Waals surface area contributed by atoms with Crippen LogP contribution in [-0.4, -0.2) is 31.3 Å². The van der Waals surface area contributed by atoms with E-state index in [4.69, 9.17) is 0 Å². The van der Waals surface area contributed by atoms with E-state index < -0.39 is 0 Å². The van der Waals surface area contributed by atoms with Gasteiger partial charge in [0, 0.05) is 26.1 Å². The Kier molecular flexibility index (Phi) is 9.33. The van der Waals surface area contributed by atoms with Crippen molar-refractivity contribution in [3.05, 3.63) is 71.5 Å². The molecule has 0 spiro atoms. The summed E-state index contributed by atoms with van der Waals surface area (Å²) in [6, 6.07) is 16.3. The topological polar surface area (TPSA) is 56.7 Å².